The summed E-state index contributed by atoms with van der Waals surface area (Å²) in [5.41, 5.74) is 1.30. The molecule has 0 saturated heterocycles. The van der Waals surface area contributed by atoms with Gasteiger partial charge in [-0.05, 0) is 36.8 Å². The molecule has 0 aliphatic rings. The molecule has 0 aliphatic heterocycles. The Hall–Kier alpha value is -1.61. The van der Waals surface area contributed by atoms with Gasteiger partial charge in [-0.1, -0.05) is 12.1 Å². The van der Waals surface area contributed by atoms with E-state index in [1.807, 2.05) is 12.1 Å². The molecule has 1 atom stereocenters. The molecule has 6 nitrogen and oxygen atoms in total. The molecular formula is C14H16N2O4S2. The molecule has 0 radical (unpaired) electrons. The molecule has 2 rings (SSSR count). The summed E-state index contributed by atoms with van der Waals surface area (Å²) in [5, 5.41) is 0. The monoisotopic (exact) mass is 340 g/mol. The first-order valence-corrected chi connectivity index (χ1v) is 9.10. The molecule has 1 heterocycles. The molecule has 0 spiro atoms. The van der Waals surface area contributed by atoms with Gasteiger partial charge >= 0.3 is 0 Å². The highest BCUT2D eigenvalue weighted by Crippen LogP contribution is 2.18. The summed E-state index contributed by atoms with van der Waals surface area (Å²) in [4.78, 5) is 4.18. The van der Waals surface area contributed by atoms with Gasteiger partial charge in [0.2, 0.25) is 10.0 Å². The molecule has 118 valence electrons. The Morgan fingerprint density at radius 1 is 1.27 bits per heavy atom. The van der Waals surface area contributed by atoms with Gasteiger partial charge in [0, 0.05) is 24.9 Å². The average Bonchev–Trinajstić information content (AvgIpc) is 2.48. The maximum atomic E-state index is 12.3. The lowest BCUT2D eigenvalue weighted by atomic mass is 10.2. The highest BCUT2D eigenvalue weighted by Gasteiger charge is 2.18. The number of rotatable bonds is 6. The Balaban J connectivity index is 2.13. The fourth-order valence-electron chi connectivity index (χ4n) is 1.92. The third-order valence-electron chi connectivity index (χ3n) is 3.05. The van der Waals surface area contributed by atoms with Gasteiger partial charge in [-0.15, -0.1) is 0 Å². The summed E-state index contributed by atoms with van der Waals surface area (Å²) < 4.78 is 47.3. The standard InChI is InChI=1S/C14H16N2O4S2/c1-11-5-6-13(21(17)18)10-14(11)22(19,20)16-9-7-12-4-2-3-8-15-12/h2-6,8,10,16H,7,9H2,1H3,(H,17,18). The van der Waals surface area contributed by atoms with E-state index in [4.69, 9.17) is 4.55 Å². The van der Waals surface area contributed by atoms with Gasteiger partial charge in [-0.25, -0.2) is 17.3 Å². The molecule has 0 bridgehead atoms. The minimum Gasteiger partial charge on any atom is -0.302 e. The van der Waals surface area contributed by atoms with Crippen LogP contribution in [0.1, 0.15) is 11.3 Å². The summed E-state index contributed by atoms with van der Waals surface area (Å²) in [6.45, 7) is 1.84. The lowest BCUT2D eigenvalue weighted by Gasteiger charge is -2.10. The molecule has 22 heavy (non-hydrogen) atoms. The largest absolute Gasteiger partial charge is 0.302 e. The van der Waals surface area contributed by atoms with E-state index in [0.717, 1.165) is 5.69 Å². The number of sulfonamides is 1. The number of aryl methyl sites for hydroxylation is 1. The van der Waals surface area contributed by atoms with Crippen LogP contribution in [-0.2, 0) is 27.5 Å². The van der Waals surface area contributed by atoms with Gasteiger partial charge < -0.3 is 4.55 Å². The SMILES string of the molecule is Cc1ccc(S(=O)O)cc1S(=O)(=O)NCCc1ccccn1. The molecule has 0 saturated carbocycles. The Labute approximate surface area is 131 Å². The Morgan fingerprint density at radius 2 is 2.05 bits per heavy atom. The normalized spacial score (nSPS) is 13.0. The molecule has 2 N–H and O–H groups in total. The van der Waals surface area contributed by atoms with Crippen molar-refractivity contribution in [3.8, 4) is 0 Å². The topological polar surface area (TPSA) is 96.4 Å². The smallest absolute Gasteiger partial charge is 0.240 e. The van der Waals surface area contributed by atoms with Crippen molar-refractivity contribution in [2.24, 2.45) is 0 Å². The summed E-state index contributed by atoms with van der Waals surface area (Å²) in [7, 11) is -3.74. The minimum atomic E-state index is -3.74. The first-order valence-electron chi connectivity index (χ1n) is 6.51. The zero-order valence-electron chi connectivity index (χ0n) is 11.9. The van der Waals surface area contributed by atoms with Crippen molar-refractivity contribution in [3.05, 3.63) is 53.9 Å². The fraction of sp³-hybridized carbons (Fsp3) is 0.214. The second-order valence-corrected chi connectivity index (χ2v) is 7.35. The average molecular weight is 340 g/mol. The van der Waals surface area contributed by atoms with Crippen LogP contribution in [0.15, 0.2) is 52.4 Å². The summed E-state index contributed by atoms with van der Waals surface area (Å²) >= 11 is -2.22. The molecule has 0 fully saturated rings. The number of pyridine rings is 1. The van der Waals surface area contributed by atoms with E-state index >= 15 is 0 Å². The maximum absolute atomic E-state index is 12.3. The Morgan fingerprint density at radius 3 is 2.68 bits per heavy atom. The molecule has 1 aromatic heterocycles. The molecule has 2 aromatic rings. The molecule has 1 aromatic carbocycles. The van der Waals surface area contributed by atoms with Gasteiger partial charge in [-0.2, -0.15) is 0 Å². The molecule has 1 unspecified atom stereocenters. The van der Waals surface area contributed by atoms with Crippen LogP contribution in [0, 0.1) is 6.92 Å². The van der Waals surface area contributed by atoms with Crippen LogP contribution >= 0.6 is 0 Å². The Bertz CT molecular complexity index is 777. The van der Waals surface area contributed by atoms with E-state index in [9.17, 15) is 12.6 Å². The number of nitrogens with one attached hydrogen (secondary N) is 1. The summed E-state index contributed by atoms with van der Waals surface area (Å²) in [6.07, 6.45) is 2.11. The van der Waals surface area contributed by atoms with E-state index in [1.54, 1.807) is 19.2 Å². The molecule has 0 aliphatic carbocycles. The zero-order chi connectivity index (χ0) is 16.2. The van der Waals surface area contributed by atoms with E-state index in [0.29, 0.717) is 12.0 Å². The number of nitrogens with zero attached hydrogens (tertiary/aromatic N) is 1. The van der Waals surface area contributed by atoms with Crippen molar-refractivity contribution < 1.29 is 17.2 Å². The quantitative estimate of drug-likeness (QED) is 0.777. The third kappa shape index (κ3) is 4.20. The second-order valence-electron chi connectivity index (χ2n) is 4.65. The van der Waals surface area contributed by atoms with Crippen LogP contribution in [0.5, 0.6) is 0 Å². The lowest BCUT2D eigenvalue weighted by Crippen LogP contribution is -2.27. The van der Waals surface area contributed by atoms with Crippen molar-refractivity contribution in [2.75, 3.05) is 6.54 Å². The number of hydrogen-bond donors (Lipinski definition) is 2. The number of hydrogen-bond acceptors (Lipinski definition) is 4. The lowest BCUT2D eigenvalue weighted by molar-refractivity contribution is 0.564. The van der Waals surface area contributed by atoms with E-state index in [1.165, 1.54) is 18.2 Å². The van der Waals surface area contributed by atoms with E-state index < -0.39 is 21.1 Å². The first kappa shape index (κ1) is 16.8. The summed E-state index contributed by atoms with van der Waals surface area (Å²) in [5.74, 6) is 0. The van der Waals surface area contributed by atoms with Gasteiger partial charge in [0.15, 0.2) is 11.1 Å². The van der Waals surface area contributed by atoms with Gasteiger partial charge in [-0.3, -0.25) is 4.98 Å². The van der Waals surface area contributed by atoms with Crippen molar-refractivity contribution in [1.29, 1.82) is 0 Å². The van der Waals surface area contributed by atoms with E-state index in [-0.39, 0.29) is 16.3 Å². The van der Waals surface area contributed by atoms with Crippen LogP contribution in [-0.4, -0.2) is 28.7 Å². The molecule has 8 heteroatoms. The maximum Gasteiger partial charge on any atom is 0.240 e. The van der Waals surface area contributed by atoms with Gasteiger partial charge in [0.25, 0.3) is 0 Å². The minimum absolute atomic E-state index is 0.00780. The Kier molecular flexibility index (Phi) is 5.41. The molecular weight excluding hydrogens is 324 g/mol. The van der Waals surface area contributed by atoms with E-state index in [2.05, 4.69) is 9.71 Å². The van der Waals surface area contributed by atoms with Gasteiger partial charge in [0.1, 0.15) is 0 Å². The van der Waals surface area contributed by atoms with Crippen LogP contribution in [0.2, 0.25) is 0 Å². The predicted octanol–water partition coefficient (Wildman–Crippen LogP) is 1.49. The first-order chi connectivity index (χ1) is 10.4. The second kappa shape index (κ2) is 7.10. The molecule has 0 amide bonds. The highest BCUT2D eigenvalue weighted by atomic mass is 32.2. The third-order valence-corrected chi connectivity index (χ3v) is 5.31. The van der Waals surface area contributed by atoms with Crippen LogP contribution in [0.25, 0.3) is 0 Å². The number of benzene rings is 1. The highest BCUT2D eigenvalue weighted by molar-refractivity contribution is 7.89. The predicted molar refractivity (Wildman–Crippen MR) is 83.3 cm³/mol. The van der Waals surface area contributed by atoms with Crippen molar-refractivity contribution >= 4 is 21.1 Å². The van der Waals surface area contributed by atoms with Crippen molar-refractivity contribution in [1.82, 2.24) is 9.71 Å². The number of aromatic nitrogens is 1. The zero-order valence-corrected chi connectivity index (χ0v) is 13.5. The van der Waals surface area contributed by atoms with Crippen molar-refractivity contribution in [3.63, 3.8) is 0 Å². The van der Waals surface area contributed by atoms with Crippen LogP contribution in [0.3, 0.4) is 0 Å². The fourth-order valence-corrected chi connectivity index (χ4v) is 3.69. The van der Waals surface area contributed by atoms with Crippen molar-refractivity contribution in [2.45, 2.75) is 23.1 Å². The van der Waals surface area contributed by atoms with Crippen LogP contribution in [0.4, 0.5) is 0 Å². The van der Waals surface area contributed by atoms with Gasteiger partial charge in [0.05, 0.1) is 9.79 Å². The van der Waals surface area contributed by atoms with Crippen LogP contribution < -0.4 is 4.72 Å². The summed E-state index contributed by atoms with van der Waals surface area (Å²) in [6, 6.07) is 9.59.